The van der Waals surface area contributed by atoms with Gasteiger partial charge >= 0.3 is 11.5 Å². The Morgan fingerprint density at radius 3 is 2.62 bits per heavy atom. The first kappa shape index (κ1) is 14.5. The van der Waals surface area contributed by atoms with E-state index in [1.54, 1.807) is 0 Å². The maximum absolute atomic E-state index is 11.5. The summed E-state index contributed by atoms with van der Waals surface area (Å²) in [5, 5.41) is 11.0. The van der Waals surface area contributed by atoms with Gasteiger partial charge in [0.25, 0.3) is 5.71 Å². The van der Waals surface area contributed by atoms with E-state index in [9.17, 15) is 18.0 Å². The minimum Gasteiger partial charge on any atom is -0.461 e. The maximum Gasteiger partial charge on any atom is 0.472 e. The van der Waals surface area contributed by atoms with Crippen LogP contribution in [0.15, 0.2) is 5.16 Å². The highest BCUT2D eigenvalue weighted by molar-refractivity contribution is 7.95. The summed E-state index contributed by atoms with van der Waals surface area (Å²) in [7, 11) is 0. The number of nitrogens with zero attached hydrogens (tertiary/aromatic N) is 2. The zero-order valence-electron chi connectivity index (χ0n) is 7.78. The molecule has 0 aliphatic rings. The van der Waals surface area contributed by atoms with Crippen molar-refractivity contribution in [2.24, 2.45) is 5.16 Å². The van der Waals surface area contributed by atoms with Crippen LogP contribution in [-0.4, -0.2) is 23.8 Å². The van der Waals surface area contributed by atoms with E-state index in [4.69, 9.17) is 5.26 Å². The third kappa shape index (κ3) is 6.91. The molecule has 0 aliphatic heterocycles. The fraction of sp³-hybridized carbons (Fsp3) is 0.500. The number of rotatable bonds is 5. The molecule has 16 heavy (non-hydrogen) atoms. The van der Waals surface area contributed by atoms with Crippen molar-refractivity contribution >= 4 is 23.7 Å². The molecule has 0 amide bonds. The average molecular weight is 258 g/mol. The molecular formula is C6H5F3N2O4S. The molecule has 0 saturated carbocycles. The summed E-state index contributed by atoms with van der Waals surface area (Å²) in [4.78, 5) is 14.5. The van der Waals surface area contributed by atoms with Crippen LogP contribution < -0.4 is 0 Å². The van der Waals surface area contributed by atoms with E-state index in [0.717, 1.165) is 0 Å². The van der Waals surface area contributed by atoms with Crippen LogP contribution in [0, 0.1) is 11.3 Å². The van der Waals surface area contributed by atoms with Gasteiger partial charge in [-0.2, -0.15) is 18.4 Å². The van der Waals surface area contributed by atoms with Gasteiger partial charge in [-0.25, -0.2) is 9.78 Å². The van der Waals surface area contributed by atoms with Crippen LogP contribution in [0.5, 0.6) is 0 Å². The molecule has 90 valence electrons. The zero-order valence-corrected chi connectivity index (χ0v) is 8.59. The van der Waals surface area contributed by atoms with Gasteiger partial charge in [0.1, 0.15) is 6.07 Å². The van der Waals surface area contributed by atoms with Crippen LogP contribution in [0.3, 0.4) is 0 Å². The highest BCUT2D eigenvalue weighted by Gasteiger charge is 2.31. The van der Waals surface area contributed by atoms with E-state index < -0.39 is 29.2 Å². The van der Waals surface area contributed by atoms with Gasteiger partial charge in [0.15, 0.2) is 12.0 Å². The Kier molecular flexibility index (Phi) is 6.28. The van der Waals surface area contributed by atoms with Crippen LogP contribution in [0.2, 0.25) is 0 Å². The van der Waals surface area contributed by atoms with Gasteiger partial charge in [-0.15, -0.1) is 0 Å². The fourth-order valence-electron chi connectivity index (χ4n) is 0.409. The highest BCUT2D eigenvalue weighted by Crippen LogP contribution is 2.30. The number of nitriles is 1. The molecule has 10 heteroatoms. The van der Waals surface area contributed by atoms with E-state index in [2.05, 4.69) is 19.2 Å². The van der Waals surface area contributed by atoms with E-state index in [1.165, 1.54) is 13.0 Å². The zero-order chi connectivity index (χ0) is 12.6. The van der Waals surface area contributed by atoms with Gasteiger partial charge in [0.2, 0.25) is 0 Å². The topological polar surface area (TPSA) is 80.9 Å². The Morgan fingerprint density at radius 1 is 1.56 bits per heavy atom. The number of halogens is 3. The molecule has 0 spiro atoms. The maximum atomic E-state index is 11.5. The Hall–Kier alpha value is -1.47. The number of oxime groups is 1. The smallest absolute Gasteiger partial charge is 0.461 e. The second kappa shape index (κ2) is 6.91. The normalized spacial score (nSPS) is 11.8. The number of hydrogen-bond donors (Lipinski definition) is 0. The lowest BCUT2D eigenvalue weighted by atomic mass is 10.4. The monoisotopic (exact) mass is 258 g/mol. The van der Waals surface area contributed by atoms with E-state index >= 15 is 0 Å². The summed E-state index contributed by atoms with van der Waals surface area (Å²) in [6.07, 6.45) is 0. The lowest BCUT2D eigenvalue weighted by molar-refractivity contribution is -0.201. The fourth-order valence-corrected chi connectivity index (χ4v) is 0.547. The van der Waals surface area contributed by atoms with Crippen molar-refractivity contribution in [2.75, 3.05) is 6.61 Å². The third-order valence-electron chi connectivity index (χ3n) is 0.862. The van der Waals surface area contributed by atoms with Crippen molar-refractivity contribution < 1.29 is 32.0 Å². The lowest BCUT2D eigenvalue weighted by Crippen LogP contribution is -2.16. The molecule has 0 fully saturated rings. The Labute approximate surface area is 92.1 Å². The number of carbonyl (C=O) groups excluding carboxylic acids is 1. The molecule has 0 aromatic rings. The molecule has 0 atom stereocenters. The van der Waals surface area contributed by atoms with Gasteiger partial charge in [0, 0.05) is 0 Å². The van der Waals surface area contributed by atoms with Crippen molar-refractivity contribution in [1.29, 1.82) is 5.26 Å². The van der Waals surface area contributed by atoms with Crippen molar-refractivity contribution in [2.45, 2.75) is 12.4 Å². The molecule has 0 N–H and O–H groups in total. The quantitative estimate of drug-likeness (QED) is 0.186. The molecule has 0 bridgehead atoms. The number of alkyl halides is 3. The third-order valence-corrected chi connectivity index (χ3v) is 1.18. The minimum absolute atomic E-state index is 0.0162. The first-order chi connectivity index (χ1) is 7.40. The molecule has 0 aromatic carbocycles. The van der Waals surface area contributed by atoms with Gasteiger partial charge in [-0.05, 0) is 12.1 Å². The Balaban J connectivity index is 4.10. The summed E-state index contributed by atoms with van der Waals surface area (Å²) in [5.41, 5.74) is -5.53. The number of hydrogen-bond acceptors (Lipinski definition) is 7. The molecule has 0 heterocycles. The van der Waals surface area contributed by atoms with Gasteiger partial charge < -0.3 is 4.74 Å². The first-order valence-electron chi connectivity index (χ1n) is 3.64. The molecule has 0 rings (SSSR count). The summed E-state index contributed by atoms with van der Waals surface area (Å²) >= 11 is -0.980. The van der Waals surface area contributed by atoms with Gasteiger partial charge in [-0.1, -0.05) is 4.33 Å². The van der Waals surface area contributed by atoms with E-state index in [0.29, 0.717) is 0 Å². The first-order valence-corrected chi connectivity index (χ1v) is 4.38. The summed E-state index contributed by atoms with van der Waals surface area (Å²) < 4.78 is 42.3. The summed E-state index contributed by atoms with van der Waals surface area (Å²) in [6, 6.07) is 1.26. The second-order valence-corrected chi connectivity index (χ2v) is 2.71. The average Bonchev–Trinajstić information content (AvgIpc) is 2.16. The molecule has 0 radical (unpaired) electrons. The highest BCUT2D eigenvalue weighted by atomic mass is 32.2. The van der Waals surface area contributed by atoms with E-state index in [1.807, 2.05) is 0 Å². The van der Waals surface area contributed by atoms with Gasteiger partial charge in [-0.3, -0.25) is 0 Å². The largest absolute Gasteiger partial charge is 0.472 e. The van der Waals surface area contributed by atoms with Crippen LogP contribution in [0.25, 0.3) is 0 Å². The summed E-state index contributed by atoms with van der Waals surface area (Å²) in [5.74, 6) is -1.12. The standard InChI is InChI=1S/C6H5F3N2O4S/c1-2-13-5(12)4(3-10)11-14-15-16-6(7,8)9/h2H2,1H3/b11-4-. The number of esters is 1. The number of carbonyl (C=O) groups is 1. The van der Waals surface area contributed by atoms with Crippen LogP contribution in [-0.2, 0) is 18.9 Å². The van der Waals surface area contributed by atoms with Crippen molar-refractivity contribution in [1.82, 2.24) is 0 Å². The van der Waals surface area contributed by atoms with Crippen molar-refractivity contribution in [3.05, 3.63) is 0 Å². The molecular weight excluding hydrogens is 253 g/mol. The lowest BCUT2D eigenvalue weighted by Gasteiger charge is -2.01. The molecule has 6 nitrogen and oxygen atoms in total. The molecule has 0 aliphatic carbocycles. The predicted octanol–water partition coefficient (Wildman–Crippen LogP) is 1.55. The minimum atomic E-state index is -4.67. The summed E-state index contributed by atoms with van der Waals surface area (Å²) in [6.45, 7) is 1.46. The number of ether oxygens (including phenoxy) is 1. The van der Waals surface area contributed by atoms with Crippen LogP contribution in [0.4, 0.5) is 13.2 Å². The Morgan fingerprint density at radius 2 is 2.19 bits per heavy atom. The molecule has 0 aromatic heterocycles. The molecule has 0 saturated heterocycles. The SMILES string of the molecule is CCOC(=O)/C(C#N)=N\OOSC(F)(F)F. The van der Waals surface area contributed by atoms with Crippen LogP contribution in [0.1, 0.15) is 6.92 Å². The predicted molar refractivity (Wildman–Crippen MR) is 45.5 cm³/mol. The Bertz CT molecular complexity index is 312. The van der Waals surface area contributed by atoms with Crippen molar-refractivity contribution in [3.8, 4) is 6.07 Å². The molecule has 0 unspecified atom stereocenters. The second-order valence-electron chi connectivity index (χ2n) is 1.94. The van der Waals surface area contributed by atoms with E-state index in [-0.39, 0.29) is 6.61 Å². The van der Waals surface area contributed by atoms with Gasteiger partial charge in [0.05, 0.1) is 6.61 Å². The van der Waals surface area contributed by atoms with Crippen LogP contribution >= 0.6 is 12.0 Å². The van der Waals surface area contributed by atoms with Crippen molar-refractivity contribution in [3.63, 3.8) is 0 Å².